The average Bonchev–Trinajstić information content (AvgIpc) is 4.13. The highest BCUT2D eigenvalue weighted by Crippen LogP contribution is 2.46. The maximum atomic E-state index is 7.10. The quantitative estimate of drug-likeness (QED) is 0.122. The smallest absolute Gasteiger partial charge is 0.149 e. The summed E-state index contributed by atoms with van der Waals surface area (Å²) in [6.45, 7) is 18.3. The van der Waals surface area contributed by atoms with Gasteiger partial charge in [0.2, 0.25) is 0 Å². The number of imidazole rings is 2. The van der Waals surface area contributed by atoms with Gasteiger partial charge >= 0.3 is 0 Å². The highest BCUT2D eigenvalue weighted by Gasteiger charge is 2.27. The Bertz CT molecular complexity index is 4000. The van der Waals surface area contributed by atoms with Crippen molar-refractivity contribution in [3.8, 4) is 67.9 Å². The van der Waals surface area contributed by atoms with E-state index in [9.17, 15) is 0 Å². The first-order valence-corrected chi connectivity index (χ1v) is 26.2. The van der Waals surface area contributed by atoms with Crippen molar-refractivity contribution in [2.45, 2.75) is 79.1 Å². The first kappa shape index (κ1) is 46.6. The lowest BCUT2D eigenvalue weighted by atomic mass is 9.87. The summed E-state index contributed by atoms with van der Waals surface area (Å²) >= 11 is 0. The van der Waals surface area contributed by atoms with Crippen LogP contribution in [0.1, 0.15) is 101 Å². The predicted molar refractivity (Wildman–Crippen MR) is 308 cm³/mol. The van der Waals surface area contributed by atoms with Crippen molar-refractivity contribution in [1.29, 1.82) is 0 Å². The number of rotatable bonds is 12. The van der Waals surface area contributed by atoms with Crippen LogP contribution in [0.3, 0.4) is 0 Å². The Morgan fingerprint density at radius 1 is 0.378 bits per heavy atom. The number of furan rings is 1. The first-order chi connectivity index (χ1) is 36.0. The minimum atomic E-state index is 0.192. The summed E-state index contributed by atoms with van der Waals surface area (Å²) < 4.78 is 18.8. The van der Waals surface area contributed by atoms with Crippen molar-refractivity contribution in [2.24, 2.45) is 0 Å². The Kier molecular flexibility index (Phi) is 11.9. The topological polar surface area (TPSA) is 58.0 Å². The van der Waals surface area contributed by atoms with E-state index in [0.717, 1.165) is 72.5 Å². The number of fused-ring (bicyclic) bond motifs is 5. The molecule has 12 aromatic rings. The van der Waals surface area contributed by atoms with Gasteiger partial charge in [-0.3, -0.25) is 9.13 Å². The van der Waals surface area contributed by atoms with E-state index >= 15 is 0 Å². The minimum Gasteiger partial charge on any atom is -0.457 e. The lowest BCUT2D eigenvalue weighted by Crippen LogP contribution is -2.09. The molecule has 0 N–H and O–H groups in total. The third kappa shape index (κ3) is 8.15. The van der Waals surface area contributed by atoms with Crippen LogP contribution in [0.5, 0.6) is 11.5 Å². The molecule has 0 bridgehead atoms. The molecule has 3 aromatic heterocycles. The van der Waals surface area contributed by atoms with Crippen LogP contribution in [-0.2, 0) is 0 Å². The molecule has 12 rings (SSSR count). The maximum Gasteiger partial charge on any atom is 0.149 e. The van der Waals surface area contributed by atoms with Crippen molar-refractivity contribution in [3.05, 3.63) is 216 Å². The van der Waals surface area contributed by atoms with Gasteiger partial charge in [-0.15, -0.1) is 0 Å². The Balaban J connectivity index is 1.03. The zero-order valence-electron chi connectivity index (χ0n) is 43.4. The van der Waals surface area contributed by atoms with Crippen LogP contribution in [0.2, 0.25) is 0 Å². The number of hydrogen-bond acceptors (Lipinski definition) is 4. The van der Waals surface area contributed by atoms with Gasteiger partial charge in [0.05, 0.1) is 39.0 Å². The van der Waals surface area contributed by atoms with E-state index in [1.807, 2.05) is 18.2 Å². The largest absolute Gasteiger partial charge is 0.457 e. The molecule has 364 valence electrons. The molecule has 9 aromatic carbocycles. The summed E-state index contributed by atoms with van der Waals surface area (Å²) in [6.07, 6.45) is 0. The molecule has 0 unspecified atom stereocenters. The molecule has 0 saturated carbocycles. The third-order valence-corrected chi connectivity index (χ3v) is 14.7. The van der Waals surface area contributed by atoms with Crippen molar-refractivity contribution in [1.82, 2.24) is 19.1 Å². The zero-order valence-corrected chi connectivity index (χ0v) is 43.4. The number of benzene rings is 9. The average molecular weight is 965 g/mol. The number of hydrogen-bond donors (Lipinski definition) is 0. The van der Waals surface area contributed by atoms with Gasteiger partial charge in [0.25, 0.3) is 0 Å². The molecule has 0 aliphatic rings. The normalized spacial score (nSPS) is 12.0. The Morgan fingerprint density at radius 3 is 1.51 bits per heavy atom. The summed E-state index contributed by atoms with van der Waals surface area (Å²) in [6, 6.07) is 68.9. The van der Waals surface area contributed by atoms with E-state index < -0.39 is 0 Å². The van der Waals surface area contributed by atoms with E-state index in [1.54, 1.807) is 0 Å². The minimum absolute atomic E-state index is 0.192. The molecular weight excluding hydrogens is 905 g/mol. The first-order valence-electron chi connectivity index (χ1n) is 26.2. The van der Waals surface area contributed by atoms with Gasteiger partial charge in [0, 0.05) is 16.3 Å². The molecule has 74 heavy (non-hydrogen) atoms. The van der Waals surface area contributed by atoms with Crippen LogP contribution >= 0.6 is 0 Å². The van der Waals surface area contributed by atoms with Crippen molar-refractivity contribution in [3.63, 3.8) is 0 Å². The summed E-state index contributed by atoms with van der Waals surface area (Å²) in [4.78, 5) is 10.9. The van der Waals surface area contributed by atoms with Gasteiger partial charge in [-0.1, -0.05) is 183 Å². The molecule has 0 aliphatic heterocycles. The van der Waals surface area contributed by atoms with E-state index in [1.165, 1.54) is 50.2 Å². The van der Waals surface area contributed by atoms with Crippen LogP contribution in [0, 0.1) is 0 Å². The molecule has 6 nitrogen and oxygen atoms in total. The molecule has 0 atom stereocenters. The standard InChI is InChI=1S/C68H60N4O2/c1-41(2)52-25-19-26-53(42(3)4)64(52)71-61-29-15-13-27-59(61)69-67(71)48-22-18-23-50(36-48)73-51-39-57-54-24-12-17-31-63(54)74-66(57)58(40-51)68-70-60-28-14-16-30-62(60)72(68)65-55(43(5)6)37-49(38-56(65)44(7)8)47-34-32-46(33-35-47)45-20-10-9-11-21-45/h9-44H,1-8H3. The van der Waals surface area contributed by atoms with E-state index in [-0.39, 0.29) is 11.8 Å². The fourth-order valence-corrected chi connectivity index (χ4v) is 11.0. The van der Waals surface area contributed by atoms with E-state index in [4.69, 9.17) is 19.1 Å². The van der Waals surface area contributed by atoms with Gasteiger partial charge in [-0.2, -0.15) is 0 Å². The summed E-state index contributed by atoms with van der Waals surface area (Å²) in [5.74, 6) is 4.03. The number of nitrogens with zero attached hydrogens (tertiary/aromatic N) is 4. The predicted octanol–water partition coefficient (Wildman–Crippen LogP) is 19.2. The Hall–Kier alpha value is -8.48. The van der Waals surface area contributed by atoms with Crippen LogP contribution < -0.4 is 4.74 Å². The molecule has 0 saturated heterocycles. The number of aromatic nitrogens is 4. The lowest BCUT2D eigenvalue weighted by molar-refractivity contribution is 0.483. The molecular formula is C68H60N4O2. The second-order valence-electron chi connectivity index (χ2n) is 20.9. The highest BCUT2D eigenvalue weighted by molar-refractivity contribution is 6.10. The molecule has 0 fully saturated rings. The van der Waals surface area contributed by atoms with Crippen molar-refractivity contribution in [2.75, 3.05) is 0 Å². The molecule has 0 aliphatic carbocycles. The molecule has 0 radical (unpaired) electrons. The molecule has 0 amide bonds. The third-order valence-electron chi connectivity index (χ3n) is 14.7. The van der Waals surface area contributed by atoms with Gasteiger partial charge in [0.1, 0.15) is 34.3 Å². The lowest BCUT2D eigenvalue weighted by Gasteiger charge is -2.24. The van der Waals surface area contributed by atoms with E-state index in [0.29, 0.717) is 23.3 Å². The Labute approximate surface area is 433 Å². The highest BCUT2D eigenvalue weighted by atomic mass is 16.5. The van der Waals surface area contributed by atoms with Crippen molar-refractivity contribution < 1.29 is 9.15 Å². The summed E-state index contributed by atoms with van der Waals surface area (Å²) in [5, 5.41) is 1.97. The van der Waals surface area contributed by atoms with Gasteiger partial charge < -0.3 is 9.15 Å². The van der Waals surface area contributed by atoms with Crippen LogP contribution in [0.25, 0.3) is 100 Å². The fourth-order valence-electron chi connectivity index (χ4n) is 11.0. The van der Waals surface area contributed by atoms with Gasteiger partial charge in [-0.25, -0.2) is 9.97 Å². The van der Waals surface area contributed by atoms with E-state index in [2.05, 4.69) is 240 Å². The zero-order chi connectivity index (χ0) is 50.8. The molecule has 0 spiro atoms. The number of para-hydroxylation sites is 6. The molecule has 3 heterocycles. The summed E-state index contributed by atoms with van der Waals surface area (Å²) in [7, 11) is 0. The monoisotopic (exact) mass is 964 g/mol. The summed E-state index contributed by atoms with van der Waals surface area (Å²) in [5.41, 5.74) is 19.5. The maximum absolute atomic E-state index is 7.10. The second kappa shape index (κ2) is 18.8. The van der Waals surface area contributed by atoms with Crippen LogP contribution in [-0.4, -0.2) is 19.1 Å². The van der Waals surface area contributed by atoms with Crippen LogP contribution in [0.15, 0.2) is 199 Å². The SMILES string of the molecule is CC(C)c1cccc(C(C)C)c1-n1c(-c2cccc(Oc3cc(-c4nc5ccccc5n4-c4c(C(C)C)cc(-c5ccc(-c6ccccc6)cc5)cc4C(C)C)c4oc5ccccc5c4c3)c2)nc2ccccc21. The van der Waals surface area contributed by atoms with Gasteiger partial charge in [0.15, 0.2) is 0 Å². The fraction of sp³-hybridized carbons (Fsp3) is 0.176. The van der Waals surface area contributed by atoms with Crippen LogP contribution in [0.4, 0.5) is 0 Å². The Morgan fingerprint density at radius 2 is 0.878 bits per heavy atom. The molecule has 6 heteroatoms. The van der Waals surface area contributed by atoms with Crippen molar-refractivity contribution >= 4 is 44.0 Å². The number of ether oxygens (including phenoxy) is 1. The van der Waals surface area contributed by atoms with Gasteiger partial charge in [-0.05, 0) is 135 Å². The second-order valence-corrected chi connectivity index (χ2v) is 20.9.